The molecule has 2 amide bonds. The Bertz CT molecular complexity index is 415. The van der Waals surface area contributed by atoms with Crippen molar-refractivity contribution in [1.29, 1.82) is 0 Å². The van der Waals surface area contributed by atoms with Crippen LogP contribution < -0.4 is 16.4 Å². The van der Waals surface area contributed by atoms with Crippen molar-refractivity contribution in [2.24, 2.45) is 5.73 Å². The molecule has 1 rings (SSSR count). The van der Waals surface area contributed by atoms with Gasteiger partial charge in [-0.1, -0.05) is 44.7 Å². The molecule has 0 fully saturated rings. The molecule has 21 heavy (non-hydrogen) atoms. The maximum absolute atomic E-state index is 11.9. The molecule has 2 unspecified atom stereocenters. The van der Waals surface area contributed by atoms with E-state index in [0.717, 1.165) is 17.7 Å². The quantitative estimate of drug-likeness (QED) is 0.629. The van der Waals surface area contributed by atoms with E-state index in [0.29, 0.717) is 0 Å². The van der Waals surface area contributed by atoms with Gasteiger partial charge in [-0.25, -0.2) is 4.79 Å². The number of nitrogens with one attached hydrogen (secondary N) is 2. The van der Waals surface area contributed by atoms with E-state index in [1.807, 2.05) is 38.1 Å². The summed E-state index contributed by atoms with van der Waals surface area (Å²) in [5.74, 6) is 0. The first kappa shape index (κ1) is 17.5. The van der Waals surface area contributed by atoms with E-state index in [4.69, 9.17) is 5.73 Å². The maximum Gasteiger partial charge on any atom is 0.319 e. The van der Waals surface area contributed by atoms with Gasteiger partial charge in [0.1, 0.15) is 0 Å². The van der Waals surface area contributed by atoms with Crippen LogP contribution in [0.15, 0.2) is 24.3 Å². The van der Waals surface area contributed by atoms with E-state index in [1.54, 1.807) is 0 Å². The summed E-state index contributed by atoms with van der Waals surface area (Å²) in [5.41, 5.74) is 7.65. The summed E-state index contributed by atoms with van der Waals surface area (Å²) < 4.78 is 0. The van der Waals surface area contributed by atoms with Crippen molar-refractivity contribution in [2.75, 3.05) is 5.32 Å². The second-order valence-electron chi connectivity index (χ2n) is 5.76. The molecule has 0 bridgehead atoms. The Balaban J connectivity index is 2.32. The summed E-state index contributed by atoms with van der Waals surface area (Å²) in [4.78, 5) is 11.9. The average Bonchev–Trinajstić information content (AvgIpc) is 2.44. The van der Waals surface area contributed by atoms with Gasteiger partial charge in [-0.3, -0.25) is 0 Å². The van der Waals surface area contributed by atoms with Crippen LogP contribution in [0, 0.1) is 0 Å². The number of urea groups is 1. The summed E-state index contributed by atoms with van der Waals surface area (Å²) in [6.07, 6.45) is 5.93. The first-order valence-electron chi connectivity index (χ1n) is 7.96. The number of unbranched alkanes of at least 4 members (excludes halogenated alkanes) is 3. The first-order valence-corrected chi connectivity index (χ1v) is 7.96. The smallest absolute Gasteiger partial charge is 0.319 e. The Morgan fingerprint density at radius 1 is 1.14 bits per heavy atom. The second-order valence-corrected chi connectivity index (χ2v) is 5.76. The molecule has 0 aliphatic carbocycles. The number of amides is 2. The summed E-state index contributed by atoms with van der Waals surface area (Å²) in [6.45, 7) is 6.19. The average molecular weight is 291 g/mol. The molecule has 0 aromatic heterocycles. The zero-order chi connectivity index (χ0) is 15.7. The van der Waals surface area contributed by atoms with Crippen molar-refractivity contribution in [3.8, 4) is 0 Å². The predicted octanol–water partition coefficient (Wildman–Crippen LogP) is 4.19. The lowest BCUT2D eigenvalue weighted by Gasteiger charge is -2.15. The molecular formula is C17H29N3O. The van der Waals surface area contributed by atoms with Crippen LogP contribution in [0.4, 0.5) is 10.5 Å². The van der Waals surface area contributed by atoms with Gasteiger partial charge in [0.15, 0.2) is 0 Å². The van der Waals surface area contributed by atoms with Gasteiger partial charge in [0.2, 0.25) is 0 Å². The van der Waals surface area contributed by atoms with Gasteiger partial charge in [-0.2, -0.15) is 0 Å². The van der Waals surface area contributed by atoms with Gasteiger partial charge in [0, 0.05) is 17.8 Å². The molecule has 4 N–H and O–H groups in total. The zero-order valence-corrected chi connectivity index (χ0v) is 13.5. The highest BCUT2D eigenvalue weighted by Crippen LogP contribution is 2.14. The SMILES string of the molecule is CCCCCCC(C)NC(=O)Nc1ccc(C(C)N)cc1. The summed E-state index contributed by atoms with van der Waals surface area (Å²) in [5, 5.41) is 5.82. The van der Waals surface area contributed by atoms with Gasteiger partial charge in [0.25, 0.3) is 0 Å². The van der Waals surface area contributed by atoms with Crippen LogP contribution in [0.25, 0.3) is 0 Å². The van der Waals surface area contributed by atoms with E-state index in [1.165, 1.54) is 25.7 Å². The monoisotopic (exact) mass is 291 g/mol. The van der Waals surface area contributed by atoms with Crippen LogP contribution >= 0.6 is 0 Å². The fraction of sp³-hybridized carbons (Fsp3) is 0.588. The number of carbonyl (C=O) groups is 1. The van der Waals surface area contributed by atoms with Crippen LogP contribution in [0.2, 0.25) is 0 Å². The molecule has 0 aliphatic rings. The van der Waals surface area contributed by atoms with E-state index in [2.05, 4.69) is 17.6 Å². The number of hydrogen-bond acceptors (Lipinski definition) is 2. The number of hydrogen-bond donors (Lipinski definition) is 3. The summed E-state index contributed by atoms with van der Waals surface area (Å²) in [7, 11) is 0. The number of carbonyl (C=O) groups excluding carboxylic acids is 1. The zero-order valence-electron chi connectivity index (χ0n) is 13.5. The Kier molecular flexibility index (Phi) is 7.83. The highest BCUT2D eigenvalue weighted by atomic mass is 16.2. The minimum Gasteiger partial charge on any atom is -0.335 e. The van der Waals surface area contributed by atoms with Gasteiger partial charge in [-0.15, -0.1) is 0 Å². The molecule has 0 saturated heterocycles. The van der Waals surface area contributed by atoms with Crippen molar-refractivity contribution in [3.63, 3.8) is 0 Å². The van der Waals surface area contributed by atoms with Crippen molar-refractivity contribution in [3.05, 3.63) is 29.8 Å². The molecule has 0 heterocycles. The lowest BCUT2D eigenvalue weighted by atomic mass is 10.1. The van der Waals surface area contributed by atoms with Crippen molar-refractivity contribution < 1.29 is 4.79 Å². The van der Waals surface area contributed by atoms with Crippen molar-refractivity contribution in [2.45, 2.75) is 65.0 Å². The van der Waals surface area contributed by atoms with Crippen LogP contribution in [-0.2, 0) is 0 Å². The molecule has 118 valence electrons. The second kappa shape index (κ2) is 9.40. The molecule has 4 nitrogen and oxygen atoms in total. The third kappa shape index (κ3) is 7.14. The first-order chi connectivity index (χ1) is 10.0. The Morgan fingerprint density at radius 3 is 2.38 bits per heavy atom. The molecular weight excluding hydrogens is 262 g/mol. The van der Waals surface area contributed by atoms with E-state index < -0.39 is 0 Å². The number of benzene rings is 1. The van der Waals surface area contributed by atoms with Crippen molar-refractivity contribution in [1.82, 2.24) is 5.32 Å². The van der Waals surface area contributed by atoms with Crippen LogP contribution in [0.5, 0.6) is 0 Å². The molecule has 2 atom stereocenters. The standard InChI is InChI=1S/C17H29N3O/c1-4-5-6-7-8-13(2)19-17(21)20-16-11-9-15(10-12-16)14(3)18/h9-14H,4-8,18H2,1-3H3,(H2,19,20,21). The Hall–Kier alpha value is -1.55. The summed E-state index contributed by atoms with van der Waals surface area (Å²) >= 11 is 0. The predicted molar refractivity (Wildman–Crippen MR) is 89.4 cm³/mol. The third-order valence-corrected chi connectivity index (χ3v) is 3.56. The Morgan fingerprint density at radius 2 is 1.81 bits per heavy atom. The van der Waals surface area contributed by atoms with Crippen LogP contribution in [0.1, 0.15) is 64.5 Å². The molecule has 1 aromatic carbocycles. The molecule has 0 spiro atoms. The molecule has 1 aromatic rings. The lowest BCUT2D eigenvalue weighted by molar-refractivity contribution is 0.248. The van der Waals surface area contributed by atoms with Gasteiger partial charge in [-0.05, 0) is 38.0 Å². The topological polar surface area (TPSA) is 67.2 Å². The van der Waals surface area contributed by atoms with Gasteiger partial charge in [0.05, 0.1) is 0 Å². The normalized spacial score (nSPS) is 13.5. The minimum absolute atomic E-state index is 0.0102. The molecule has 0 radical (unpaired) electrons. The maximum atomic E-state index is 11.9. The van der Waals surface area contributed by atoms with Gasteiger partial charge >= 0.3 is 6.03 Å². The van der Waals surface area contributed by atoms with Gasteiger partial charge < -0.3 is 16.4 Å². The highest BCUT2D eigenvalue weighted by molar-refractivity contribution is 5.89. The number of rotatable bonds is 8. The van der Waals surface area contributed by atoms with Crippen LogP contribution in [-0.4, -0.2) is 12.1 Å². The highest BCUT2D eigenvalue weighted by Gasteiger charge is 2.07. The Labute approximate surface area is 128 Å². The lowest BCUT2D eigenvalue weighted by Crippen LogP contribution is -2.36. The fourth-order valence-electron chi connectivity index (χ4n) is 2.21. The molecule has 4 heteroatoms. The molecule has 0 saturated carbocycles. The van der Waals surface area contributed by atoms with Crippen LogP contribution in [0.3, 0.4) is 0 Å². The number of nitrogens with two attached hydrogens (primary N) is 1. The molecule has 0 aliphatic heterocycles. The van der Waals surface area contributed by atoms with E-state index in [-0.39, 0.29) is 18.1 Å². The fourth-order valence-corrected chi connectivity index (χ4v) is 2.21. The van der Waals surface area contributed by atoms with E-state index >= 15 is 0 Å². The number of anilines is 1. The third-order valence-electron chi connectivity index (χ3n) is 3.56. The van der Waals surface area contributed by atoms with E-state index in [9.17, 15) is 4.79 Å². The largest absolute Gasteiger partial charge is 0.335 e. The van der Waals surface area contributed by atoms with Crippen molar-refractivity contribution >= 4 is 11.7 Å². The minimum atomic E-state index is -0.147. The summed E-state index contributed by atoms with van der Waals surface area (Å²) in [6, 6.07) is 7.70.